The molecule has 38 heavy (non-hydrogen) atoms. The first-order valence-electron chi connectivity index (χ1n) is 14.0. The third-order valence-corrected chi connectivity index (χ3v) is 10.0. The molecule has 6 rings (SSSR count). The summed E-state index contributed by atoms with van der Waals surface area (Å²) in [6.07, 6.45) is 7.14. The Kier molecular flexibility index (Phi) is 6.98. The van der Waals surface area contributed by atoms with Crippen LogP contribution in [-0.2, 0) is 17.6 Å². The molecule has 4 aliphatic rings. The number of carboxylic acids is 1. The lowest BCUT2D eigenvalue weighted by Crippen LogP contribution is -2.58. The molecule has 2 aliphatic heterocycles. The Balaban J connectivity index is 1.10. The van der Waals surface area contributed by atoms with Gasteiger partial charge in [-0.05, 0) is 94.9 Å². The van der Waals surface area contributed by atoms with E-state index in [-0.39, 0.29) is 6.04 Å². The second-order valence-electron chi connectivity index (χ2n) is 12.2. The molecule has 3 fully saturated rings. The molecule has 9 heteroatoms. The van der Waals surface area contributed by atoms with Gasteiger partial charge in [-0.3, -0.25) is 4.79 Å². The van der Waals surface area contributed by atoms with Crippen molar-refractivity contribution >= 4 is 40.9 Å². The minimum atomic E-state index is -0.647. The summed E-state index contributed by atoms with van der Waals surface area (Å²) in [5, 5.41) is 14.4. The van der Waals surface area contributed by atoms with E-state index < -0.39 is 11.4 Å². The summed E-state index contributed by atoms with van der Waals surface area (Å²) in [4.78, 5) is 26.4. The third kappa shape index (κ3) is 4.86. The summed E-state index contributed by atoms with van der Waals surface area (Å²) in [5.74, 6) is 2.42. The summed E-state index contributed by atoms with van der Waals surface area (Å²) in [7, 11) is 0. The topological polar surface area (TPSA) is 81.6 Å². The van der Waals surface area contributed by atoms with E-state index in [0.29, 0.717) is 27.9 Å². The van der Waals surface area contributed by atoms with Crippen molar-refractivity contribution in [3.63, 3.8) is 0 Å². The fourth-order valence-electron chi connectivity index (χ4n) is 6.96. The Morgan fingerprint density at radius 3 is 2.66 bits per heavy atom. The largest absolute Gasteiger partial charge is 0.481 e. The SMILES string of the molecule is C[C@@H](Nc1nc(N2CC([C@H]3CCCN([C@H]4C[C@](C)(C(=O)O)C4)C3)C2)nc2c1CCC2)c1ccc(Cl)cc1Cl. The van der Waals surface area contributed by atoms with E-state index in [1.54, 1.807) is 6.07 Å². The number of rotatable bonds is 7. The number of likely N-dealkylation sites (tertiary alicyclic amines) is 1. The number of carbonyl (C=O) groups is 1. The fourth-order valence-corrected chi connectivity index (χ4v) is 7.53. The zero-order valence-corrected chi connectivity index (χ0v) is 23.7. The number of halogens is 2. The molecule has 1 saturated carbocycles. The van der Waals surface area contributed by atoms with Gasteiger partial charge in [0.05, 0.1) is 17.2 Å². The quantitative estimate of drug-likeness (QED) is 0.442. The lowest BCUT2D eigenvalue weighted by Gasteiger charge is -2.52. The van der Waals surface area contributed by atoms with E-state index in [9.17, 15) is 9.90 Å². The first-order valence-corrected chi connectivity index (χ1v) is 14.8. The van der Waals surface area contributed by atoms with Crippen LogP contribution in [0.15, 0.2) is 18.2 Å². The average Bonchev–Trinajstić information content (AvgIpc) is 3.30. The molecule has 2 aliphatic carbocycles. The molecule has 0 amide bonds. The van der Waals surface area contributed by atoms with Gasteiger partial charge in [-0.2, -0.15) is 4.98 Å². The van der Waals surface area contributed by atoms with Gasteiger partial charge in [-0.1, -0.05) is 29.3 Å². The van der Waals surface area contributed by atoms with Crippen LogP contribution in [0.25, 0.3) is 0 Å². The molecule has 0 radical (unpaired) electrons. The second kappa shape index (κ2) is 10.1. The number of carboxylic acid groups (broad SMARTS) is 1. The van der Waals surface area contributed by atoms with Crippen LogP contribution in [0.4, 0.5) is 11.8 Å². The first kappa shape index (κ1) is 26.1. The summed E-state index contributed by atoms with van der Waals surface area (Å²) in [6, 6.07) is 6.07. The Bertz CT molecular complexity index is 1230. The molecule has 2 atom stereocenters. The van der Waals surface area contributed by atoms with E-state index >= 15 is 0 Å². The second-order valence-corrected chi connectivity index (χ2v) is 13.0. The molecule has 1 aromatic carbocycles. The van der Waals surface area contributed by atoms with Crippen LogP contribution in [0, 0.1) is 17.3 Å². The van der Waals surface area contributed by atoms with Gasteiger partial charge in [-0.15, -0.1) is 0 Å². The normalized spacial score (nSPS) is 28.4. The van der Waals surface area contributed by atoms with Crippen molar-refractivity contribution in [2.24, 2.45) is 17.3 Å². The highest BCUT2D eigenvalue weighted by molar-refractivity contribution is 6.35. The Labute approximate surface area is 234 Å². The standard InChI is InChI=1S/C29H37Cl2N5O2/c1-17(22-9-8-20(30)11-24(22)31)32-26-23-6-3-7-25(23)33-28(34-26)36-15-19(16-36)18-5-4-10-35(14-18)21-12-29(2,13-21)27(37)38/h8-9,11,17-19,21H,3-7,10,12-16H2,1-2H3,(H,37,38)(H,32,33,34)/t17-,18+,21-,29-/m1/s1. The maximum atomic E-state index is 11.5. The van der Waals surface area contributed by atoms with Crippen LogP contribution >= 0.6 is 23.2 Å². The lowest BCUT2D eigenvalue weighted by molar-refractivity contribution is -0.158. The molecule has 2 N–H and O–H groups in total. The van der Waals surface area contributed by atoms with E-state index in [4.69, 9.17) is 33.2 Å². The van der Waals surface area contributed by atoms with E-state index in [2.05, 4.69) is 22.0 Å². The van der Waals surface area contributed by atoms with Crippen LogP contribution in [0.3, 0.4) is 0 Å². The molecule has 7 nitrogen and oxygen atoms in total. The molecule has 0 spiro atoms. The predicted octanol–water partition coefficient (Wildman–Crippen LogP) is 5.85. The molecule has 3 heterocycles. The Hall–Kier alpha value is -2.09. The molecular formula is C29H37Cl2N5O2. The van der Waals surface area contributed by atoms with Crippen LogP contribution in [0.1, 0.15) is 68.8 Å². The van der Waals surface area contributed by atoms with Crippen LogP contribution in [-0.4, -0.2) is 58.2 Å². The lowest BCUT2D eigenvalue weighted by atomic mass is 9.65. The number of aryl methyl sites for hydroxylation is 1. The minimum Gasteiger partial charge on any atom is -0.481 e. The third-order valence-electron chi connectivity index (χ3n) is 9.46. The van der Waals surface area contributed by atoms with Gasteiger partial charge < -0.3 is 20.2 Å². The minimum absolute atomic E-state index is 0.000864. The van der Waals surface area contributed by atoms with E-state index in [0.717, 1.165) is 75.6 Å². The summed E-state index contributed by atoms with van der Waals surface area (Å²) in [5.41, 5.74) is 2.88. The van der Waals surface area contributed by atoms with Crippen molar-refractivity contribution < 1.29 is 9.90 Å². The summed E-state index contributed by atoms with van der Waals surface area (Å²) < 4.78 is 0. The number of fused-ring (bicyclic) bond motifs is 1. The zero-order chi connectivity index (χ0) is 26.6. The molecule has 2 aromatic rings. The highest BCUT2D eigenvalue weighted by Gasteiger charge is 2.49. The predicted molar refractivity (Wildman–Crippen MR) is 151 cm³/mol. The number of aliphatic carboxylic acids is 1. The number of anilines is 2. The number of nitrogens with one attached hydrogen (secondary N) is 1. The Morgan fingerprint density at radius 2 is 1.92 bits per heavy atom. The molecule has 2 saturated heterocycles. The smallest absolute Gasteiger partial charge is 0.309 e. The first-order chi connectivity index (χ1) is 18.2. The van der Waals surface area contributed by atoms with E-state index in [1.165, 1.54) is 24.1 Å². The fraction of sp³-hybridized carbons (Fsp3) is 0.621. The van der Waals surface area contributed by atoms with Crippen molar-refractivity contribution in [3.05, 3.63) is 45.1 Å². The molecule has 0 bridgehead atoms. The van der Waals surface area contributed by atoms with Crippen molar-refractivity contribution in [2.45, 2.75) is 70.9 Å². The van der Waals surface area contributed by atoms with Crippen LogP contribution < -0.4 is 10.2 Å². The van der Waals surface area contributed by atoms with Crippen molar-refractivity contribution in [2.75, 3.05) is 36.4 Å². The van der Waals surface area contributed by atoms with Crippen molar-refractivity contribution in [1.29, 1.82) is 0 Å². The van der Waals surface area contributed by atoms with Crippen LogP contribution in [0.5, 0.6) is 0 Å². The van der Waals surface area contributed by atoms with Gasteiger partial charge in [0.2, 0.25) is 5.95 Å². The van der Waals surface area contributed by atoms with Crippen LogP contribution in [0.2, 0.25) is 10.0 Å². The van der Waals surface area contributed by atoms with Crippen molar-refractivity contribution in [1.82, 2.24) is 14.9 Å². The molecule has 0 unspecified atom stereocenters. The summed E-state index contributed by atoms with van der Waals surface area (Å²) in [6.45, 7) is 8.18. The monoisotopic (exact) mass is 557 g/mol. The van der Waals surface area contributed by atoms with Gasteiger partial charge in [0.25, 0.3) is 0 Å². The van der Waals surface area contributed by atoms with Gasteiger partial charge in [0.1, 0.15) is 5.82 Å². The number of hydrogen-bond donors (Lipinski definition) is 2. The highest BCUT2D eigenvalue weighted by atomic mass is 35.5. The molecular weight excluding hydrogens is 521 g/mol. The Morgan fingerprint density at radius 1 is 1.13 bits per heavy atom. The maximum Gasteiger partial charge on any atom is 0.309 e. The number of piperidine rings is 1. The van der Waals surface area contributed by atoms with Gasteiger partial charge in [0.15, 0.2) is 0 Å². The maximum absolute atomic E-state index is 11.5. The molecule has 204 valence electrons. The summed E-state index contributed by atoms with van der Waals surface area (Å²) >= 11 is 12.6. The number of aromatic nitrogens is 2. The molecule has 1 aromatic heterocycles. The average molecular weight is 559 g/mol. The van der Waals surface area contributed by atoms with E-state index in [1.807, 2.05) is 19.1 Å². The van der Waals surface area contributed by atoms with Gasteiger partial charge in [0, 0.05) is 41.3 Å². The zero-order valence-electron chi connectivity index (χ0n) is 22.2. The van der Waals surface area contributed by atoms with Gasteiger partial charge in [-0.25, -0.2) is 4.98 Å². The number of hydrogen-bond acceptors (Lipinski definition) is 6. The number of benzene rings is 1. The van der Waals surface area contributed by atoms with Crippen molar-refractivity contribution in [3.8, 4) is 0 Å². The van der Waals surface area contributed by atoms with Gasteiger partial charge >= 0.3 is 5.97 Å². The highest BCUT2D eigenvalue weighted by Crippen LogP contribution is 2.45. The number of nitrogens with zero attached hydrogens (tertiary/aromatic N) is 4.